The van der Waals surface area contributed by atoms with E-state index in [0.717, 1.165) is 0 Å². The second-order valence-electron chi connectivity index (χ2n) is 5.85. The zero-order valence-corrected chi connectivity index (χ0v) is 10.7. The third-order valence-corrected chi connectivity index (χ3v) is 4.52. The van der Waals surface area contributed by atoms with Crippen molar-refractivity contribution in [1.82, 2.24) is 0 Å². The van der Waals surface area contributed by atoms with Gasteiger partial charge in [0.2, 0.25) is 6.43 Å². The van der Waals surface area contributed by atoms with Crippen molar-refractivity contribution in [3.05, 3.63) is 0 Å². The van der Waals surface area contributed by atoms with Crippen molar-refractivity contribution in [3.8, 4) is 0 Å². The summed E-state index contributed by atoms with van der Waals surface area (Å²) in [6.45, 7) is 0. The molecule has 0 amide bonds. The molecule has 0 radical (unpaired) electrons. The molecular formula is C13H17F7. The fourth-order valence-electron chi connectivity index (χ4n) is 3.56. The molecule has 0 saturated heterocycles. The predicted molar refractivity (Wildman–Crippen MR) is 59.4 cm³/mol. The molecule has 0 bridgehead atoms. The summed E-state index contributed by atoms with van der Waals surface area (Å²) in [5.74, 6) is -4.32. The number of halogens is 7. The van der Waals surface area contributed by atoms with Gasteiger partial charge in [0.1, 0.15) is 30.9 Å². The number of alkyl halides is 7. The van der Waals surface area contributed by atoms with Crippen LogP contribution < -0.4 is 0 Å². The third kappa shape index (κ3) is 3.06. The van der Waals surface area contributed by atoms with Crippen LogP contribution in [0.2, 0.25) is 0 Å². The lowest BCUT2D eigenvalue weighted by molar-refractivity contribution is -0.0848. The molecule has 20 heavy (non-hydrogen) atoms. The molecule has 0 aromatic heterocycles. The molecule has 0 aliphatic heterocycles. The van der Waals surface area contributed by atoms with E-state index in [1.54, 1.807) is 0 Å². The van der Waals surface area contributed by atoms with Crippen LogP contribution in [0.4, 0.5) is 30.7 Å². The van der Waals surface area contributed by atoms with Crippen LogP contribution in [0.5, 0.6) is 0 Å². The van der Waals surface area contributed by atoms with Crippen LogP contribution in [0.3, 0.4) is 0 Å². The van der Waals surface area contributed by atoms with E-state index in [1.165, 1.54) is 0 Å². The molecule has 4 unspecified atom stereocenters. The molecule has 2 saturated carbocycles. The maximum absolute atomic E-state index is 13.8. The Kier molecular flexibility index (Phi) is 4.84. The van der Waals surface area contributed by atoms with Gasteiger partial charge in [0.25, 0.3) is 0 Å². The van der Waals surface area contributed by atoms with Gasteiger partial charge in [0.05, 0.1) is 5.92 Å². The fraction of sp³-hybridized carbons (Fsp3) is 1.00. The van der Waals surface area contributed by atoms with E-state index in [9.17, 15) is 30.7 Å². The molecule has 0 heterocycles. The molecule has 0 spiro atoms. The Morgan fingerprint density at radius 3 is 1.50 bits per heavy atom. The van der Waals surface area contributed by atoms with Crippen LogP contribution in [0.1, 0.15) is 25.7 Å². The van der Waals surface area contributed by atoms with E-state index in [4.69, 9.17) is 0 Å². The maximum Gasteiger partial charge on any atom is 0.247 e. The highest BCUT2D eigenvalue weighted by Crippen LogP contribution is 2.45. The van der Waals surface area contributed by atoms with E-state index in [-0.39, 0.29) is 0 Å². The minimum Gasteiger partial charge on any atom is -0.247 e. The molecule has 2 rings (SSSR count). The molecule has 4 atom stereocenters. The zero-order valence-electron chi connectivity index (χ0n) is 10.7. The van der Waals surface area contributed by atoms with Crippen molar-refractivity contribution in [3.63, 3.8) is 0 Å². The summed E-state index contributed by atoms with van der Waals surface area (Å²) >= 11 is 0. The van der Waals surface area contributed by atoms with Crippen molar-refractivity contribution < 1.29 is 30.7 Å². The standard InChI is InChI=1S/C13H17F7/c14-6-3-9(17)11(10(18)4-6)5-1-7(15)12(13(19)20)8(16)2-5/h5-13H,1-4H2. The second-order valence-corrected chi connectivity index (χ2v) is 5.85. The summed E-state index contributed by atoms with van der Waals surface area (Å²) in [6.07, 6.45) is -14.6. The van der Waals surface area contributed by atoms with Crippen molar-refractivity contribution >= 4 is 0 Å². The molecule has 0 N–H and O–H groups in total. The lowest BCUT2D eigenvalue weighted by atomic mass is 9.68. The van der Waals surface area contributed by atoms with E-state index < -0.39 is 80.7 Å². The highest BCUT2D eigenvalue weighted by Gasteiger charge is 2.50. The summed E-state index contributed by atoms with van der Waals surface area (Å²) in [5, 5.41) is 0. The van der Waals surface area contributed by atoms with Gasteiger partial charge >= 0.3 is 0 Å². The average Bonchev–Trinajstić information content (AvgIpc) is 2.25. The largest absolute Gasteiger partial charge is 0.247 e. The molecule has 2 aliphatic rings. The Hall–Kier alpha value is -0.490. The van der Waals surface area contributed by atoms with Gasteiger partial charge in [-0.1, -0.05) is 0 Å². The monoisotopic (exact) mass is 306 g/mol. The summed E-state index contributed by atoms with van der Waals surface area (Å²) < 4.78 is 92.9. The van der Waals surface area contributed by atoms with Crippen LogP contribution in [-0.2, 0) is 0 Å². The van der Waals surface area contributed by atoms with E-state index in [0.29, 0.717) is 0 Å². The molecule has 0 nitrogen and oxygen atoms in total. The molecular weight excluding hydrogens is 289 g/mol. The Balaban J connectivity index is 2.07. The molecule has 7 heteroatoms. The van der Waals surface area contributed by atoms with Gasteiger partial charge in [0, 0.05) is 18.8 Å². The quantitative estimate of drug-likeness (QED) is 0.664. The minimum atomic E-state index is -3.13. The first-order valence-electron chi connectivity index (χ1n) is 6.79. The average molecular weight is 306 g/mol. The van der Waals surface area contributed by atoms with Gasteiger partial charge in [-0.25, -0.2) is 30.7 Å². The second kappa shape index (κ2) is 6.10. The molecule has 2 fully saturated rings. The minimum absolute atomic E-state index is 0.488. The lowest BCUT2D eigenvalue weighted by Gasteiger charge is -2.42. The maximum atomic E-state index is 13.8. The zero-order chi connectivity index (χ0) is 15.0. The van der Waals surface area contributed by atoms with Gasteiger partial charge in [-0.05, 0) is 18.8 Å². The third-order valence-electron chi connectivity index (χ3n) is 4.52. The molecule has 118 valence electrons. The normalized spacial score (nSPS) is 50.4. The van der Waals surface area contributed by atoms with Gasteiger partial charge in [-0.2, -0.15) is 0 Å². The first-order valence-corrected chi connectivity index (χ1v) is 6.79. The van der Waals surface area contributed by atoms with E-state index in [1.807, 2.05) is 0 Å². The Morgan fingerprint density at radius 1 is 0.650 bits per heavy atom. The fourth-order valence-corrected chi connectivity index (χ4v) is 3.56. The Morgan fingerprint density at radius 2 is 1.10 bits per heavy atom. The number of rotatable bonds is 2. The van der Waals surface area contributed by atoms with Crippen LogP contribution in [0, 0.1) is 17.8 Å². The smallest absolute Gasteiger partial charge is 0.247 e. The van der Waals surface area contributed by atoms with Crippen molar-refractivity contribution in [2.24, 2.45) is 17.8 Å². The van der Waals surface area contributed by atoms with Crippen molar-refractivity contribution in [2.75, 3.05) is 0 Å². The topological polar surface area (TPSA) is 0 Å². The van der Waals surface area contributed by atoms with Gasteiger partial charge in [0.15, 0.2) is 0 Å². The van der Waals surface area contributed by atoms with Crippen LogP contribution in [0.15, 0.2) is 0 Å². The van der Waals surface area contributed by atoms with E-state index >= 15 is 0 Å². The Labute approximate surface area is 112 Å². The number of hydrogen-bond acceptors (Lipinski definition) is 0. The van der Waals surface area contributed by atoms with Crippen LogP contribution >= 0.6 is 0 Å². The molecule has 0 aromatic carbocycles. The lowest BCUT2D eigenvalue weighted by Crippen LogP contribution is -2.47. The highest BCUT2D eigenvalue weighted by atomic mass is 19.3. The predicted octanol–water partition coefficient (Wildman–Crippen LogP) is 4.38. The molecule has 2 aliphatic carbocycles. The van der Waals surface area contributed by atoms with Gasteiger partial charge in [-0.3, -0.25) is 0 Å². The SMILES string of the molecule is FC1CC(F)C(C2CC(F)C(C(F)F)C(F)C2)C(F)C1. The summed E-state index contributed by atoms with van der Waals surface area (Å²) in [6, 6.07) is 0. The number of hydrogen-bond donors (Lipinski definition) is 0. The molecule has 0 aromatic rings. The van der Waals surface area contributed by atoms with Crippen molar-refractivity contribution in [2.45, 2.75) is 63.0 Å². The van der Waals surface area contributed by atoms with Gasteiger partial charge < -0.3 is 0 Å². The van der Waals surface area contributed by atoms with Gasteiger partial charge in [-0.15, -0.1) is 0 Å². The summed E-state index contributed by atoms with van der Waals surface area (Å²) in [7, 11) is 0. The summed E-state index contributed by atoms with van der Waals surface area (Å²) in [4.78, 5) is 0. The van der Waals surface area contributed by atoms with E-state index in [2.05, 4.69) is 0 Å². The van der Waals surface area contributed by atoms with Crippen LogP contribution in [-0.4, -0.2) is 37.3 Å². The summed E-state index contributed by atoms with van der Waals surface area (Å²) in [5.41, 5.74) is 0. The first-order chi connectivity index (χ1) is 9.31. The highest BCUT2D eigenvalue weighted by molar-refractivity contribution is 4.97. The van der Waals surface area contributed by atoms with Crippen molar-refractivity contribution in [1.29, 1.82) is 0 Å². The van der Waals surface area contributed by atoms with Crippen LogP contribution in [0.25, 0.3) is 0 Å². The first kappa shape index (κ1) is 15.9. The Bertz CT molecular complexity index is 300.